The highest BCUT2D eigenvalue weighted by molar-refractivity contribution is 7.47. The molecule has 0 amide bonds. The topological polar surface area (TPSA) is 134 Å². The molecule has 0 saturated heterocycles. The van der Waals surface area contributed by atoms with E-state index in [1.807, 2.05) is 0 Å². The summed E-state index contributed by atoms with van der Waals surface area (Å²) in [4.78, 5) is 35.1. The van der Waals surface area contributed by atoms with Crippen molar-refractivity contribution in [3.8, 4) is 0 Å². The van der Waals surface area contributed by atoms with E-state index in [1.165, 1.54) is 225 Å². The van der Waals surface area contributed by atoms with E-state index in [0.29, 0.717) is 6.42 Å². The maximum absolute atomic E-state index is 12.7. The molecule has 2 atom stereocenters. The highest BCUT2D eigenvalue weighted by Gasteiger charge is 2.26. The third-order valence-corrected chi connectivity index (χ3v) is 14.1. The van der Waals surface area contributed by atoms with Gasteiger partial charge in [0.15, 0.2) is 6.10 Å². The van der Waals surface area contributed by atoms with E-state index in [2.05, 4.69) is 26.0 Å². The van der Waals surface area contributed by atoms with Crippen LogP contribution < -0.4 is 5.73 Å². The monoisotopic (exact) mass is 970 g/mol. The van der Waals surface area contributed by atoms with Gasteiger partial charge < -0.3 is 20.1 Å². The van der Waals surface area contributed by atoms with Crippen molar-refractivity contribution >= 4 is 19.8 Å². The molecule has 67 heavy (non-hydrogen) atoms. The summed E-state index contributed by atoms with van der Waals surface area (Å²) < 4.78 is 33.0. The highest BCUT2D eigenvalue weighted by Crippen LogP contribution is 2.43. The summed E-state index contributed by atoms with van der Waals surface area (Å²) in [5.41, 5.74) is 5.37. The fourth-order valence-corrected chi connectivity index (χ4v) is 9.58. The largest absolute Gasteiger partial charge is 0.472 e. The summed E-state index contributed by atoms with van der Waals surface area (Å²) in [6.07, 6.45) is 61.4. The molecular weight excluding hydrogens is 858 g/mol. The smallest absolute Gasteiger partial charge is 0.462 e. The van der Waals surface area contributed by atoms with Crippen LogP contribution >= 0.6 is 7.82 Å². The van der Waals surface area contributed by atoms with Crippen LogP contribution in [0, 0.1) is 0 Å². The molecule has 0 radical (unpaired) electrons. The number of hydrogen-bond acceptors (Lipinski definition) is 8. The lowest BCUT2D eigenvalue weighted by atomic mass is 10.0. The number of allylic oxidation sites excluding steroid dienone is 2. The summed E-state index contributed by atoms with van der Waals surface area (Å²) in [6.45, 7) is 3.79. The average molecular weight is 970 g/mol. The van der Waals surface area contributed by atoms with E-state index in [0.717, 1.165) is 51.4 Å². The molecule has 0 heterocycles. The maximum atomic E-state index is 12.7. The molecule has 398 valence electrons. The molecule has 0 saturated carbocycles. The van der Waals surface area contributed by atoms with Gasteiger partial charge in [0.1, 0.15) is 6.61 Å². The minimum absolute atomic E-state index is 0.0552. The molecule has 0 spiro atoms. The van der Waals surface area contributed by atoms with Crippen molar-refractivity contribution in [3.05, 3.63) is 12.2 Å². The minimum atomic E-state index is -4.38. The summed E-state index contributed by atoms with van der Waals surface area (Å²) in [5, 5.41) is 0. The van der Waals surface area contributed by atoms with Crippen LogP contribution in [0.4, 0.5) is 0 Å². The zero-order chi connectivity index (χ0) is 48.8. The van der Waals surface area contributed by atoms with Gasteiger partial charge in [-0.3, -0.25) is 18.6 Å². The second-order valence-corrected chi connectivity index (χ2v) is 21.3. The number of phosphoric ester groups is 1. The predicted octanol–water partition coefficient (Wildman–Crippen LogP) is 18.1. The van der Waals surface area contributed by atoms with Crippen LogP contribution in [0.2, 0.25) is 0 Å². The molecule has 0 aromatic carbocycles. The van der Waals surface area contributed by atoms with E-state index in [4.69, 9.17) is 24.3 Å². The molecule has 0 fully saturated rings. The number of carbonyl (C=O) groups is 2. The second-order valence-electron chi connectivity index (χ2n) is 19.9. The van der Waals surface area contributed by atoms with E-state index in [9.17, 15) is 19.0 Å². The van der Waals surface area contributed by atoms with Gasteiger partial charge in [-0.25, -0.2) is 4.57 Å². The Morgan fingerprint density at radius 2 is 0.731 bits per heavy atom. The van der Waals surface area contributed by atoms with Gasteiger partial charge in [0, 0.05) is 19.4 Å². The van der Waals surface area contributed by atoms with Crippen LogP contribution in [0.3, 0.4) is 0 Å². The van der Waals surface area contributed by atoms with Crippen molar-refractivity contribution in [3.63, 3.8) is 0 Å². The quantitative estimate of drug-likeness (QED) is 0.0264. The number of esters is 2. The molecule has 0 aromatic heterocycles. The number of ether oxygens (including phenoxy) is 2. The average Bonchev–Trinajstić information content (AvgIpc) is 3.32. The number of carbonyl (C=O) groups excluding carboxylic acids is 2. The van der Waals surface area contributed by atoms with E-state index in [1.54, 1.807) is 0 Å². The predicted molar refractivity (Wildman–Crippen MR) is 284 cm³/mol. The Kier molecular flexibility index (Phi) is 53.1. The first-order valence-corrected chi connectivity index (χ1v) is 30.7. The zero-order valence-corrected chi connectivity index (χ0v) is 45.3. The fourth-order valence-electron chi connectivity index (χ4n) is 8.81. The molecule has 0 rings (SSSR count). The molecule has 0 aliphatic heterocycles. The van der Waals surface area contributed by atoms with Gasteiger partial charge in [-0.05, 0) is 38.5 Å². The Morgan fingerprint density at radius 1 is 0.433 bits per heavy atom. The van der Waals surface area contributed by atoms with Crippen LogP contribution in [0.1, 0.15) is 309 Å². The third-order valence-electron chi connectivity index (χ3n) is 13.2. The number of nitrogens with two attached hydrogens (primary N) is 1. The molecule has 0 aromatic rings. The lowest BCUT2D eigenvalue weighted by Crippen LogP contribution is -2.29. The molecular formula is C57H112NO8P. The number of phosphoric acid groups is 1. The van der Waals surface area contributed by atoms with Crippen LogP contribution in [0.25, 0.3) is 0 Å². The van der Waals surface area contributed by atoms with Crippen LogP contribution in [-0.4, -0.2) is 49.3 Å². The normalized spacial score (nSPS) is 13.1. The summed E-state index contributed by atoms with van der Waals surface area (Å²) >= 11 is 0. The molecule has 0 bridgehead atoms. The number of unbranched alkanes of at least 4 members (excludes halogenated alkanes) is 41. The van der Waals surface area contributed by atoms with Crippen molar-refractivity contribution in [1.29, 1.82) is 0 Å². The molecule has 0 aliphatic rings. The fraction of sp³-hybridized carbons (Fsp3) is 0.930. The van der Waals surface area contributed by atoms with Gasteiger partial charge in [-0.2, -0.15) is 0 Å². The molecule has 2 unspecified atom stereocenters. The maximum Gasteiger partial charge on any atom is 0.472 e. The molecule has 9 nitrogen and oxygen atoms in total. The summed E-state index contributed by atoms with van der Waals surface area (Å²) in [7, 11) is -4.38. The lowest BCUT2D eigenvalue weighted by molar-refractivity contribution is -0.161. The van der Waals surface area contributed by atoms with Crippen LogP contribution in [0.15, 0.2) is 12.2 Å². The van der Waals surface area contributed by atoms with Gasteiger partial charge in [-0.15, -0.1) is 0 Å². The second kappa shape index (κ2) is 54.1. The van der Waals surface area contributed by atoms with Crippen molar-refractivity contribution < 1.29 is 37.6 Å². The van der Waals surface area contributed by atoms with Gasteiger partial charge in [0.25, 0.3) is 0 Å². The van der Waals surface area contributed by atoms with Crippen molar-refractivity contribution in [2.45, 2.75) is 315 Å². The molecule has 3 N–H and O–H groups in total. The van der Waals surface area contributed by atoms with E-state index < -0.39 is 26.5 Å². The Hall–Kier alpha value is -1.25. The molecule has 0 aliphatic carbocycles. The first-order valence-electron chi connectivity index (χ1n) is 29.2. The van der Waals surface area contributed by atoms with Crippen molar-refractivity contribution in [1.82, 2.24) is 0 Å². The van der Waals surface area contributed by atoms with Gasteiger partial charge in [0.05, 0.1) is 13.2 Å². The molecule has 10 heteroatoms. The number of hydrogen-bond donors (Lipinski definition) is 2. The van der Waals surface area contributed by atoms with Crippen LogP contribution in [-0.2, 0) is 32.7 Å². The van der Waals surface area contributed by atoms with E-state index in [-0.39, 0.29) is 38.6 Å². The van der Waals surface area contributed by atoms with Crippen molar-refractivity contribution in [2.75, 3.05) is 26.4 Å². The van der Waals surface area contributed by atoms with Gasteiger partial charge in [0.2, 0.25) is 0 Å². The minimum Gasteiger partial charge on any atom is -0.462 e. The number of rotatable bonds is 56. The first kappa shape index (κ1) is 65.8. The lowest BCUT2D eigenvalue weighted by Gasteiger charge is -2.19. The Labute approximate surface area is 415 Å². The van der Waals surface area contributed by atoms with Gasteiger partial charge >= 0.3 is 19.8 Å². The Bertz CT molecular complexity index is 1110. The third kappa shape index (κ3) is 53.9. The van der Waals surface area contributed by atoms with E-state index >= 15 is 0 Å². The summed E-state index contributed by atoms with van der Waals surface area (Å²) in [5.74, 6) is -0.819. The van der Waals surface area contributed by atoms with Crippen molar-refractivity contribution in [2.24, 2.45) is 5.73 Å². The first-order chi connectivity index (χ1) is 32.8. The zero-order valence-electron chi connectivity index (χ0n) is 44.4. The highest BCUT2D eigenvalue weighted by atomic mass is 31.2. The SMILES string of the molecule is CCCCCCCCC/C=C\CCCCCCCC(=O)OC(COC(=O)CCCCCCCCCCCCCCCCCCCCCCCCCCCCCCCC)COP(=O)(O)OCCN. The van der Waals surface area contributed by atoms with Gasteiger partial charge in [-0.1, -0.05) is 270 Å². The summed E-state index contributed by atoms with van der Waals surface area (Å²) in [6, 6.07) is 0. The standard InChI is InChI=1S/C57H112NO8P/c1-3-5-7-9-11-13-15-17-19-21-22-23-24-25-26-27-28-29-30-31-32-33-34-36-37-39-41-43-45-47-49-56(59)63-53-55(54-65-67(61,62)64-52-51-58)66-57(60)50-48-46-44-42-40-38-35-20-18-16-14-12-10-8-6-4-2/h20,35,55H,3-19,21-34,36-54,58H2,1-2H3,(H,61,62)/b35-20-. The van der Waals surface area contributed by atoms with Crippen LogP contribution in [0.5, 0.6) is 0 Å². The Morgan fingerprint density at radius 3 is 1.06 bits per heavy atom. The Balaban J connectivity index is 3.84.